The maximum Gasteiger partial charge on any atom is 0.273 e. The summed E-state index contributed by atoms with van der Waals surface area (Å²) in [6, 6.07) is 7.16. The minimum absolute atomic E-state index is 0.139. The Morgan fingerprint density at radius 3 is 2.35 bits per heavy atom. The third-order valence-corrected chi connectivity index (χ3v) is 3.87. The van der Waals surface area contributed by atoms with Crippen molar-refractivity contribution in [3.63, 3.8) is 0 Å². The molecule has 2 N–H and O–H groups in total. The molecule has 0 spiro atoms. The molecular formula is C14H10Cl3N3O3. The van der Waals surface area contributed by atoms with Crippen LogP contribution in [0.25, 0.3) is 0 Å². The van der Waals surface area contributed by atoms with E-state index in [1.54, 1.807) is 0 Å². The zero-order chi connectivity index (χ0) is 17.1. The number of hydrazine groups is 1. The summed E-state index contributed by atoms with van der Waals surface area (Å²) >= 11 is 17.8. The van der Waals surface area contributed by atoms with E-state index in [0.717, 1.165) is 0 Å². The zero-order valence-electron chi connectivity index (χ0n) is 11.7. The summed E-state index contributed by atoms with van der Waals surface area (Å²) in [6.45, 7) is 1.50. The highest BCUT2D eigenvalue weighted by Gasteiger charge is 2.18. The number of hydrogen-bond donors (Lipinski definition) is 2. The van der Waals surface area contributed by atoms with Crippen molar-refractivity contribution in [2.45, 2.75) is 6.92 Å². The molecule has 2 rings (SSSR count). The van der Waals surface area contributed by atoms with Crippen molar-refractivity contribution in [1.29, 1.82) is 0 Å². The molecule has 6 nitrogen and oxygen atoms in total. The van der Waals surface area contributed by atoms with Gasteiger partial charge >= 0.3 is 0 Å². The summed E-state index contributed by atoms with van der Waals surface area (Å²) in [5, 5.41) is 11.7. The van der Waals surface area contributed by atoms with Gasteiger partial charge in [-0.05, 0) is 25.1 Å². The molecule has 0 aliphatic heterocycles. The Balaban J connectivity index is 2.21. The quantitative estimate of drug-likeness (QED) is 0.604. The summed E-state index contributed by atoms with van der Waals surface area (Å²) in [4.78, 5) is 22.6. The Labute approximate surface area is 146 Å². The number of nitrogens with one attached hydrogen (secondary N) is 2. The Kier molecular flexibility index (Phi) is 5.30. The molecule has 0 aliphatic rings. The lowest BCUT2D eigenvalue weighted by Crippen LogP contribution is -2.30. The molecule has 0 aliphatic carbocycles. The predicted molar refractivity (Wildman–Crippen MR) is 90.4 cm³/mol. The third-order valence-electron chi connectivity index (χ3n) is 3.05. The molecule has 0 atom stereocenters. The van der Waals surface area contributed by atoms with Gasteiger partial charge in [-0.1, -0.05) is 40.9 Å². The Hall–Kier alpha value is -2.02. The van der Waals surface area contributed by atoms with Crippen molar-refractivity contribution in [3.05, 3.63) is 66.6 Å². The summed E-state index contributed by atoms with van der Waals surface area (Å²) in [5.41, 5.74) is 5.54. The van der Waals surface area contributed by atoms with Gasteiger partial charge < -0.3 is 0 Å². The fraction of sp³-hybridized carbons (Fsp3) is 0.0714. The van der Waals surface area contributed by atoms with Gasteiger partial charge in [-0.25, -0.2) is 0 Å². The minimum Gasteiger partial charge on any atom is -0.295 e. The van der Waals surface area contributed by atoms with Gasteiger partial charge in [-0.3, -0.25) is 25.8 Å². The summed E-state index contributed by atoms with van der Waals surface area (Å²) in [7, 11) is 0. The molecule has 0 fully saturated rings. The largest absolute Gasteiger partial charge is 0.295 e. The molecule has 9 heteroatoms. The first-order valence-electron chi connectivity index (χ1n) is 6.26. The van der Waals surface area contributed by atoms with Crippen LogP contribution in [0.15, 0.2) is 30.3 Å². The van der Waals surface area contributed by atoms with Crippen LogP contribution >= 0.6 is 34.8 Å². The van der Waals surface area contributed by atoms with Crippen molar-refractivity contribution >= 4 is 52.1 Å². The van der Waals surface area contributed by atoms with E-state index in [1.165, 1.54) is 37.3 Å². The van der Waals surface area contributed by atoms with E-state index < -0.39 is 10.8 Å². The number of amides is 1. The highest BCUT2D eigenvalue weighted by molar-refractivity contribution is 6.41. The van der Waals surface area contributed by atoms with Crippen LogP contribution in [0.3, 0.4) is 0 Å². The van der Waals surface area contributed by atoms with E-state index in [2.05, 4.69) is 10.9 Å². The second kappa shape index (κ2) is 7.04. The fourth-order valence-corrected chi connectivity index (χ4v) is 2.83. The normalized spacial score (nSPS) is 10.3. The molecule has 0 aromatic heterocycles. The number of carbonyl (C=O) groups is 1. The molecule has 0 saturated heterocycles. The van der Waals surface area contributed by atoms with Crippen LogP contribution in [0.4, 0.5) is 11.4 Å². The Morgan fingerprint density at radius 1 is 1.17 bits per heavy atom. The molecule has 0 unspecified atom stereocenters. The van der Waals surface area contributed by atoms with Crippen molar-refractivity contribution < 1.29 is 9.72 Å². The lowest BCUT2D eigenvalue weighted by Gasteiger charge is -2.13. The first-order valence-corrected chi connectivity index (χ1v) is 7.39. The van der Waals surface area contributed by atoms with Crippen LogP contribution in [0.1, 0.15) is 15.9 Å². The van der Waals surface area contributed by atoms with Crippen LogP contribution in [0.2, 0.25) is 15.1 Å². The van der Waals surface area contributed by atoms with E-state index in [1.807, 2.05) is 0 Å². The van der Waals surface area contributed by atoms with Gasteiger partial charge in [-0.15, -0.1) is 0 Å². The number of nitro benzene ring substituents is 1. The van der Waals surface area contributed by atoms with E-state index in [9.17, 15) is 14.9 Å². The Morgan fingerprint density at radius 2 is 1.78 bits per heavy atom. The lowest BCUT2D eigenvalue weighted by molar-refractivity contribution is -0.385. The monoisotopic (exact) mass is 373 g/mol. The van der Waals surface area contributed by atoms with E-state index in [4.69, 9.17) is 34.8 Å². The average molecular weight is 375 g/mol. The van der Waals surface area contributed by atoms with Gasteiger partial charge in [-0.2, -0.15) is 0 Å². The molecular weight excluding hydrogens is 365 g/mol. The first-order chi connectivity index (χ1) is 10.8. The first kappa shape index (κ1) is 17.3. The molecule has 1 amide bonds. The molecule has 0 bridgehead atoms. The van der Waals surface area contributed by atoms with Gasteiger partial charge in [0, 0.05) is 16.7 Å². The minimum atomic E-state index is -0.562. The van der Waals surface area contributed by atoms with Crippen LogP contribution in [-0.4, -0.2) is 10.8 Å². The molecule has 120 valence electrons. The molecule has 0 radical (unpaired) electrons. The number of carbonyl (C=O) groups excluding carboxylic acids is 1. The zero-order valence-corrected chi connectivity index (χ0v) is 14.0. The van der Waals surface area contributed by atoms with Gasteiger partial charge in [0.25, 0.3) is 11.6 Å². The number of benzene rings is 2. The van der Waals surface area contributed by atoms with Crippen LogP contribution in [0, 0.1) is 17.0 Å². The number of hydrogen-bond acceptors (Lipinski definition) is 4. The highest BCUT2D eigenvalue weighted by atomic mass is 35.5. The number of halogens is 3. The second-order valence-corrected chi connectivity index (χ2v) is 5.78. The van der Waals surface area contributed by atoms with Gasteiger partial charge in [0.2, 0.25) is 0 Å². The number of anilines is 1. The van der Waals surface area contributed by atoms with Crippen LogP contribution in [0.5, 0.6) is 0 Å². The van der Waals surface area contributed by atoms with E-state index >= 15 is 0 Å². The SMILES string of the molecule is Cc1c(C(=O)NNc2c(Cl)cc(Cl)cc2Cl)cccc1[N+](=O)[O-]. The predicted octanol–water partition coefficient (Wildman–Crippen LogP) is 4.62. The van der Waals surface area contributed by atoms with Crippen molar-refractivity contribution in [1.82, 2.24) is 5.43 Å². The maximum atomic E-state index is 12.2. The standard InChI is InChI=1S/C14H10Cl3N3O3/c1-7-9(3-2-4-12(7)20(22)23)14(21)19-18-13-10(16)5-8(15)6-11(13)17/h2-6,18H,1H3,(H,19,21). The van der Waals surface area contributed by atoms with Crippen LogP contribution in [-0.2, 0) is 0 Å². The number of nitrogens with zero attached hydrogens (tertiary/aromatic N) is 1. The molecule has 23 heavy (non-hydrogen) atoms. The second-order valence-electron chi connectivity index (χ2n) is 4.53. The smallest absolute Gasteiger partial charge is 0.273 e. The lowest BCUT2D eigenvalue weighted by atomic mass is 10.1. The molecule has 0 heterocycles. The number of nitro groups is 1. The van der Waals surface area contributed by atoms with Crippen molar-refractivity contribution in [3.8, 4) is 0 Å². The summed E-state index contributed by atoms with van der Waals surface area (Å²) in [6.07, 6.45) is 0. The van der Waals surface area contributed by atoms with Gasteiger partial charge in [0.1, 0.15) is 0 Å². The van der Waals surface area contributed by atoms with Crippen molar-refractivity contribution in [2.75, 3.05) is 5.43 Å². The fourth-order valence-electron chi connectivity index (χ4n) is 1.92. The molecule has 2 aromatic rings. The van der Waals surface area contributed by atoms with Crippen LogP contribution < -0.4 is 10.9 Å². The van der Waals surface area contributed by atoms with E-state index in [0.29, 0.717) is 5.02 Å². The van der Waals surface area contributed by atoms with Gasteiger partial charge in [0.15, 0.2) is 0 Å². The van der Waals surface area contributed by atoms with E-state index in [-0.39, 0.29) is 32.5 Å². The maximum absolute atomic E-state index is 12.2. The summed E-state index contributed by atoms with van der Waals surface area (Å²) < 4.78 is 0. The average Bonchev–Trinajstić information content (AvgIpc) is 2.45. The number of rotatable bonds is 4. The van der Waals surface area contributed by atoms with Crippen molar-refractivity contribution in [2.24, 2.45) is 0 Å². The summed E-state index contributed by atoms with van der Waals surface area (Å²) in [5.74, 6) is -0.562. The molecule has 0 saturated carbocycles. The van der Waals surface area contributed by atoms with Gasteiger partial charge in [0.05, 0.1) is 26.2 Å². The Bertz CT molecular complexity index is 773. The topological polar surface area (TPSA) is 84.3 Å². The molecule has 2 aromatic carbocycles. The third kappa shape index (κ3) is 3.85. The highest BCUT2D eigenvalue weighted by Crippen LogP contribution is 2.33.